The monoisotopic (exact) mass is 655 g/mol. The van der Waals surface area contributed by atoms with Crippen molar-refractivity contribution in [2.75, 3.05) is 16.5 Å². The molecule has 1 aromatic heterocycles. The summed E-state index contributed by atoms with van der Waals surface area (Å²) in [5.41, 5.74) is 14.8. The van der Waals surface area contributed by atoms with Crippen molar-refractivity contribution in [3.05, 3.63) is 161 Å². The summed E-state index contributed by atoms with van der Waals surface area (Å²) < 4.78 is 6.66. The standard InChI is InChI=1S/C46H45N3O/c1-30-21-22-47-41(23-30)44-39-16-9-8-15-37(39)38-20-19-36(28-40(38)44)50-35-14-12-13-33(27-35)48-29-49(43-18-11-10-17-42(43)48)34-25-31(45(2,3)4)24-32(26-34)46(5,6)7/h8-28,44H,29H2,1-7H3. The molecule has 250 valence electrons. The van der Waals surface area contributed by atoms with Gasteiger partial charge in [0.15, 0.2) is 0 Å². The predicted molar refractivity (Wildman–Crippen MR) is 208 cm³/mol. The Labute approximate surface area is 297 Å². The molecule has 0 saturated heterocycles. The summed E-state index contributed by atoms with van der Waals surface area (Å²) >= 11 is 0. The van der Waals surface area contributed by atoms with E-state index in [0.29, 0.717) is 6.67 Å². The average molecular weight is 656 g/mol. The summed E-state index contributed by atoms with van der Waals surface area (Å²) in [6.07, 6.45) is 1.92. The summed E-state index contributed by atoms with van der Waals surface area (Å²) in [6.45, 7) is 16.6. The molecule has 4 nitrogen and oxygen atoms in total. The molecule has 0 bridgehead atoms. The Morgan fingerprint density at radius 3 is 1.92 bits per heavy atom. The fourth-order valence-corrected chi connectivity index (χ4v) is 7.43. The summed E-state index contributed by atoms with van der Waals surface area (Å²) in [7, 11) is 0. The van der Waals surface area contributed by atoms with Gasteiger partial charge in [-0.05, 0) is 117 Å². The number of benzene rings is 5. The lowest BCUT2D eigenvalue weighted by molar-refractivity contribution is 0.482. The lowest BCUT2D eigenvalue weighted by Crippen LogP contribution is -2.25. The highest BCUT2D eigenvalue weighted by Crippen LogP contribution is 2.50. The molecule has 0 radical (unpaired) electrons. The first kappa shape index (κ1) is 31.9. The van der Waals surface area contributed by atoms with E-state index >= 15 is 0 Å². The minimum atomic E-state index is 0.0392. The van der Waals surface area contributed by atoms with E-state index in [1.54, 1.807) is 0 Å². The minimum absolute atomic E-state index is 0.0392. The highest BCUT2D eigenvalue weighted by molar-refractivity contribution is 5.87. The predicted octanol–water partition coefficient (Wildman–Crippen LogP) is 12.2. The molecule has 1 aliphatic carbocycles. The molecule has 1 unspecified atom stereocenters. The SMILES string of the molecule is Cc1ccnc(C2c3ccccc3-c3ccc(Oc4cccc(N5CN(c6cc(C(C)(C)C)cc(C(C)(C)C)c6)c6ccccc65)c4)cc32)c1. The van der Waals surface area contributed by atoms with Gasteiger partial charge < -0.3 is 14.5 Å². The number of rotatable bonds is 5. The second kappa shape index (κ2) is 11.9. The molecule has 4 heteroatoms. The zero-order chi connectivity index (χ0) is 34.8. The Morgan fingerprint density at radius 2 is 1.22 bits per heavy atom. The Balaban J connectivity index is 1.12. The van der Waals surface area contributed by atoms with Crippen molar-refractivity contribution in [2.45, 2.75) is 65.2 Å². The zero-order valence-electron chi connectivity index (χ0n) is 30.2. The van der Waals surface area contributed by atoms with E-state index in [-0.39, 0.29) is 16.7 Å². The van der Waals surface area contributed by atoms with Gasteiger partial charge >= 0.3 is 0 Å². The van der Waals surface area contributed by atoms with Crippen molar-refractivity contribution in [3.8, 4) is 22.6 Å². The quantitative estimate of drug-likeness (QED) is 0.184. The van der Waals surface area contributed by atoms with Crippen molar-refractivity contribution in [2.24, 2.45) is 0 Å². The molecule has 5 aromatic carbocycles. The van der Waals surface area contributed by atoms with Crippen molar-refractivity contribution < 1.29 is 4.74 Å². The van der Waals surface area contributed by atoms with Crippen LogP contribution in [0.4, 0.5) is 22.7 Å². The van der Waals surface area contributed by atoms with Crippen LogP contribution in [0.5, 0.6) is 11.5 Å². The van der Waals surface area contributed by atoms with Gasteiger partial charge in [-0.3, -0.25) is 4.98 Å². The third kappa shape index (κ3) is 5.73. The molecule has 0 amide bonds. The zero-order valence-corrected chi connectivity index (χ0v) is 30.2. The number of hydrogen-bond donors (Lipinski definition) is 0. The number of aromatic nitrogens is 1. The number of nitrogens with zero attached hydrogens (tertiary/aromatic N) is 3. The van der Waals surface area contributed by atoms with Gasteiger partial charge in [0.25, 0.3) is 0 Å². The highest BCUT2D eigenvalue weighted by Gasteiger charge is 2.32. The van der Waals surface area contributed by atoms with Crippen molar-refractivity contribution in [1.29, 1.82) is 0 Å². The van der Waals surface area contributed by atoms with Crippen LogP contribution < -0.4 is 14.5 Å². The van der Waals surface area contributed by atoms with E-state index in [2.05, 4.69) is 174 Å². The van der Waals surface area contributed by atoms with Gasteiger partial charge in [0, 0.05) is 23.6 Å². The van der Waals surface area contributed by atoms with Crippen LogP contribution in [0.2, 0.25) is 0 Å². The van der Waals surface area contributed by atoms with E-state index in [1.807, 2.05) is 12.3 Å². The maximum Gasteiger partial charge on any atom is 0.129 e. The topological polar surface area (TPSA) is 28.6 Å². The Hall–Kier alpha value is -5.35. The molecular weight excluding hydrogens is 611 g/mol. The van der Waals surface area contributed by atoms with Crippen LogP contribution in [-0.4, -0.2) is 11.7 Å². The van der Waals surface area contributed by atoms with Crippen LogP contribution in [0.25, 0.3) is 11.1 Å². The highest BCUT2D eigenvalue weighted by atomic mass is 16.5. The minimum Gasteiger partial charge on any atom is -0.457 e. The first-order valence-corrected chi connectivity index (χ1v) is 17.7. The first-order valence-electron chi connectivity index (χ1n) is 17.7. The van der Waals surface area contributed by atoms with Crippen LogP contribution in [0.3, 0.4) is 0 Å². The molecule has 0 spiro atoms. The Morgan fingerprint density at radius 1 is 0.580 bits per heavy atom. The van der Waals surface area contributed by atoms with E-state index in [1.165, 1.54) is 56.0 Å². The lowest BCUT2D eigenvalue weighted by atomic mass is 9.80. The largest absolute Gasteiger partial charge is 0.457 e. The number of fused-ring (bicyclic) bond motifs is 4. The molecule has 0 saturated carbocycles. The van der Waals surface area contributed by atoms with Crippen LogP contribution >= 0.6 is 0 Å². The summed E-state index contributed by atoms with van der Waals surface area (Å²) in [5.74, 6) is 1.70. The normalized spacial score (nSPS) is 15.1. The second-order valence-electron chi connectivity index (χ2n) is 15.9. The summed E-state index contributed by atoms with van der Waals surface area (Å²) in [4.78, 5) is 9.66. The van der Waals surface area contributed by atoms with E-state index < -0.39 is 0 Å². The van der Waals surface area contributed by atoms with Crippen molar-refractivity contribution >= 4 is 22.7 Å². The molecule has 8 rings (SSSR count). The smallest absolute Gasteiger partial charge is 0.129 e. The fraction of sp³-hybridized carbons (Fsp3) is 0.239. The first-order chi connectivity index (χ1) is 23.9. The van der Waals surface area contributed by atoms with Gasteiger partial charge in [-0.2, -0.15) is 0 Å². The van der Waals surface area contributed by atoms with Crippen molar-refractivity contribution in [1.82, 2.24) is 4.98 Å². The molecule has 0 N–H and O–H groups in total. The fourth-order valence-electron chi connectivity index (χ4n) is 7.43. The molecule has 2 aliphatic rings. The third-order valence-corrected chi connectivity index (χ3v) is 10.2. The Bertz CT molecular complexity index is 2210. The Kier molecular flexibility index (Phi) is 7.60. The van der Waals surface area contributed by atoms with Gasteiger partial charge in [-0.1, -0.05) is 96.1 Å². The van der Waals surface area contributed by atoms with Crippen LogP contribution in [0, 0.1) is 6.92 Å². The number of aryl methyl sites for hydroxylation is 1. The van der Waals surface area contributed by atoms with Gasteiger partial charge in [0.1, 0.15) is 18.2 Å². The number of hydrogen-bond acceptors (Lipinski definition) is 4. The van der Waals surface area contributed by atoms with Gasteiger partial charge in [-0.15, -0.1) is 0 Å². The van der Waals surface area contributed by atoms with Crippen molar-refractivity contribution in [3.63, 3.8) is 0 Å². The lowest BCUT2D eigenvalue weighted by Gasteiger charge is -2.29. The van der Waals surface area contributed by atoms with Crippen LogP contribution in [0.1, 0.15) is 81.0 Å². The average Bonchev–Trinajstić information content (AvgIpc) is 3.64. The number of anilines is 4. The molecule has 0 fully saturated rings. The van der Waals surface area contributed by atoms with E-state index in [0.717, 1.165) is 22.9 Å². The molecule has 1 atom stereocenters. The van der Waals surface area contributed by atoms with Gasteiger partial charge in [0.05, 0.1) is 23.0 Å². The van der Waals surface area contributed by atoms with E-state index in [9.17, 15) is 0 Å². The summed E-state index contributed by atoms with van der Waals surface area (Å²) in [5, 5.41) is 0. The molecule has 2 heterocycles. The summed E-state index contributed by atoms with van der Waals surface area (Å²) in [6, 6.07) is 43.8. The second-order valence-corrected chi connectivity index (χ2v) is 15.9. The molecule has 6 aromatic rings. The van der Waals surface area contributed by atoms with Gasteiger partial charge in [0.2, 0.25) is 0 Å². The van der Waals surface area contributed by atoms with Crippen LogP contribution in [0.15, 0.2) is 128 Å². The van der Waals surface area contributed by atoms with Gasteiger partial charge in [-0.25, -0.2) is 0 Å². The molecule has 50 heavy (non-hydrogen) atoms. The maximum absolute atomic E-state index is 6.66. The third-order valence-electron chi connectivity index (χ3n) is 10.2. The molecular formula is C46H45N3O. The van der Waals surface area contributed by atoms with E-state index in [4.69, 9.17) is 9.72 Å². The number of para-hydroxylation sites is 2. The number of ether oxygens (including phenoxy) is 1. The van der Waals surface area contributed by atoms with Crippen LogP contribution in [-0.2, 0) is 10.8 Å². The number of pyridine rings is 1. The maximum atomic E-state index is 6.66. The molecule has 1 aliphatic heterocycles.